The van der Waals surface area contributed by atoms with E-state index in [9.17, 15) is 0 Å². The summed E-state index contributed by atoms with van der Waals surface area (Å²) in [5.41, 5.74) is 2.80. The summed E-state index contributed by atoms with van der Waals surface area (Å²) in [6.45, 7) is 6.26. The van der Waals surface area contributed by atoms with E-state index >= 15 is 0 Å². The van der Waals surface area contributed by atoms with Gasteiger partial charge in [-0.05, 0) is 26.0 Å². The largest absolute Gasteiger partial charge is 0.454 e. The molecule has 1 aromatic heterocycles. The fourth-order valence-corrected chi connectivity index (χ4v) is 3.06. The van der Waals surface area contributed by atoms with Gasteiger partial charge in [-0.15, -0.1) is 0 Å². The Morgan fingerprint density at radius 3 is 2.48 bits per heavy atom. The fourth-order valence-electron chi connectivity index (χ4n) is 3.06. The van der Waals surface area contributed by atoms with E-state index in [-0.39, 0.29) is 6.79 Å². The van der Waals surface area contributed by atoms with Crippen LogP contribution in [0.5, 0.6) is 11.5 Å². The van der Waals surface area contributed by atoms with Crippen LogP contribution in [0.4, 0.5) is 17.5 Å². The second-order valence-corrected chi connectivity index (χ2v) is 6.17. The summed E-state index contributed by atoms with van der Waals surface area (Å²) in [6.07, 6.45) is 0. The maximum absolute atomic E-state index is 5.46. The summed E-state index contributed by atoms with van der Waals surface area (Å²) in [6, 6.07) is 17.9. The lowest BCUT2D eigenvalue weighted by Gasteiger charge is -2.21. The molecule has 4 rings (SSSR count). The number of hydrogen-bond acceptors (Lipinski definition) is 6. The average Bonchev–Trinajstić information content (AvgIpc) is 3.17. The number of fused-ring (bicyclic) bond motifs is 1. The molecular formula is C21H22N4O2. The summed E-state index contributed by atoms with van der Waals surface area (Å²) in [5, 5.41) is 3.30. The van der Waals surface area contributed by atoms with Gasteiger partial charge in [-0.2, -0.15) is 4.98 Å². The van der Waals surface area contributed by atoms with E-state index in [1.54, 1.807) is 0 Å². The highest BCUT2D eigenvalue weighted by Gasteiger charge is 2.15. The topological polar surface area (TPSA) is 59.5 Å². The van der Waals surface area contributed by atoms with Crippen molar-refractivity contribution in [1.82, 2.24) is 9.97 Å². The van der Waals surface area contributed by atoms with Gasteiger partial charge >= 0.3 is 0 Å². The van der Waals surface area contributed by atoms with Crippen LogP contribution in [0, 0.1) is 0 Å². The Bertz CT molecular complexity index is 927. The van der Waals surface area contributed by atoms with Crippen molar-refractivity contribution in [2.75, 3.05) is 30.1 Å². The first-order valence-corrected chi connectivity index (χ1v) is 9.13. The SMILES string of the molecule is CCN(CC)c1cc(-c2ccccc2)nc(Nc2ccc3c(c2)OCO3)n1. The molecule has 1 N–H and O–H groups in total. The van der Waals surface area contributed by atoms with Crippen molar-refractivity contribution in [3.63, 3.8) is 0 Å². The number of anilines is 3. The maximum Gasteiger partial charge on any atom is 0.231 e. The van der Waals surface area contributed by atoms with Crippen molar-refractivity contribution in [2.45, 2.75) is 13.8 Å². The normalized spacial score (nSPS) is 12.1. The molecule has 2 heterocycles. The maximum atomic E-state index is 5.46. The molecule has 0 spiro atoms. The lowest BCUT2D eigenvalue weighted by atomic mass is 10.1. The predicted molar refractivity (Wildman–Crippen MR) is 107 cm³/mol. The highest BCUT2D eigenvalue weighted by atomic mass is 16.7. The van der Waals surface area contributed by atoms with E-state index in [2.05, 4.69) is 36.2 Å². The summed E-state index contributed by atoms with van der Waals surface area (Å²) >= 11 is 0. The lowest BCUT2D eigenvalue weighted by Crippen LogP contribution is -2.23. The van der Waals surface area contributed by atoms with Gasteiger partial charge in [0.05, 0.1) is 5.69 Å². The molecule has 0 atom stereocenters. The second kappa shape index (κ2) is 7.53. The van der Waals surface area contributed by atoms with Gasteiger partial charge in [0.2, 0.25) is 12.7 Å². The van der Waals surface area contributed by atoms with Gasteiger partial charge in [0.25, 0.3) is 0 Å². The van der Waals surface area contributed by atoms with Crippen molar-refractivity contribution < 1.29 is 9.47 Å². The molecule has 0 fully saturated rings. The molecular weight excluding hydrogens is 340 g/mol. The van der Waals surface area contributed by atoms with Crippen LogP contribution in [0.2, 0.25) is 0 Å². The van der Waals surface area contributed by atoms with E-state index < -0.39 is 0 Å². The fraction of sp³-hybridized carbons (Fsp3) is 0.238. The molecule has 3 aromatic rings. The van der Waals surface area contributed by atoms with Crippen molar-refractivity contribution >= 4 is 17.5 Å². The molecule has 1 aliphatic rings. The number of nitrogens with one attached hydrogen (secondary N) is 1. The first kappa shape index (κ1) is 17.1. The van der Waals surface area contributed by atoms with Crippen molar-refractivity contribution in [3.05, 3.63) is 54.6 Å². The van der Waals surface area contributed by atoms with E-state index in [1.807, 2.05) is 42.5 Å². The van der Waals surface area contributed by atoms with Crippen LogP contribution in [0.15, 0.2) is 54.6 Å². The Hall–Kier alpha value is -3.28. The van der Waals surface area contributed by atoms with Gasteiger partial charge in [-0.25, -0.2) is 4.98 Å². The van der Waals surface area contributed by atoms with Crippen LogP contribution in [0.3, 0.4) is 0 Å². The van der Waals surface area contributed by atoms with Crippen molar-refractivity contribution in [1.29, 1.82) is 0 Å². The third-order valence-corrected chi connectivity index (χ3v) is 4.50. The number of ether oxygens (including phenoxy) is 2. The quantitative estimate of drug-likeness (QED) is 0.698. The molecule has 0 radical (unpaired) electrons. The molecule has 6 heteroatoms. The third-order valence-electron chi connectivity index (χ3n) is 4.50. The molecule has 0 saturated carbocycles. The van der Waals surface area contributed by atoms with E-state index in [4.69, 9.17) is 19.4 Å². The van der Waals surface area contributed by atoms with Gasteiger partial charge in [0, 0.05) is 36.5 Å². The standard InChI is InChI=1S/C21H22N4O2/c1-3-25(4-2)20-13-17(15-8-6-5-7-9-15)23-21(24-20)22-16-10-11-18-19(12-16)27-14-26-18/h5-13H,3-4,14H2,1-2H3,(H,22,23,24). The van der Waals surface area contributed by atoms with E-state index in [1.165, 1.54) is 0 Å². The number of rotatable bonds is 6. The van der Waals surface area contributed by atoms with E-state index in [0.29, 0.717) is 5.95 Å². The molecule has 138 valence electrons. The predicted octanol–water partition coefficient (Wildman–Crippen LogP) is 4.46. The second-order valence-electron chi connectivity index (χ2n) is 6.17. The first-order chi connectivity index (χ1) is 13.3. The lowest BCUT2D eigenvalue weighted by molar-refractivity contribution is 0.174. The number of aromatic nitrogens is 2. The zero-order chi connectivity index (χ0) is 18.6. The molecule has 1 aliphatic heterocycles. The van der Waals surface area contributed by atoms with Gasteiger partial charge in [0.15, 0.2) is 11.5 Å². The molecule has 27 heavy (non-hydrogen) atoms. The third kappa shape index (κ3) is 3.65. The van der Waals surface area contributed by atoms with E-state index in [0.717, 1.165) is 47.4 Å². The van der Waals surface area contributed by atoms with Crippen LogP contribution in [-0.4, -0.2) is 29.9 Å². The minimum absolute atomic E-state index is 0.255. The monoisotopic (exact) mass is 362 g/mol. The van der Waals surface area contributed by atoms with Crippen LogP contribution < -0.4 is 19.7 Å². The zero-order valence-corrected chi connectivity index (χ0v) is 15.5. The molecule has 0 unspecified atom stereocenters. The molecule has 0 saturated heterocycles. The Kier molecular flexibility index (Phi) is 4.78. The summed E-state index contributed by atoms with van der Waals surface area (Å²) in [7, 11) is 0. The number of hydrogen-bond donors (Lipinski definition) is 1. The highest BCUT2D eigenvalue weighted by Crippen LogP contribution is 2.35. The minimum atomic E-state index is 0.255. The van der Waals surface area contributed by atoms with Gasteiger partial charge in [-0.1, -0.05) is 30.3 Å². The Morgan fingerprint density at radius 1 is 0.926 bits per heavy atom. The summed E-state index contributed by atoms with van der Waals surface area (Å²) < 4.78 is 10.8. The smallest absolute Gasteiger partial charge is 0.231 e. The highest BCUT2D eigenvalue weighted by molar-refractivity contribution is 5.67. The van der Waals surface area contributed by atoms with Crippen LogP contribution in [0.25, 0.3) is 11.3 Å². The van der Waals surface area contributed by atoms with Crippen LogP contribution in [0.1, 0.15) is 13.8 Å². The summed E-state index contributed by atoms with van der Waals surface area (Å²) in [4.78, 5) is 11.7. The molecule has 0 amide bonds. The van der Waals surface area contributed by atoms with Gasteiger partial charge in [-0.3, -0.25) is 0 Å². The van der Waals surface area contributed by atoms with Crippen molar-refractivity contribution in [2.24, 2.45) is 0 Å². The van der Waals surface area contributed by atoms with Gasteiger partial charge < -0.3 is 19.7 Å². The van der Waals surface area contributed by atoms with Crippen LogP contribution in [-0.2, 0) is 0 Å². The Balaban J connectivity index is 1.71. The number of benzene rings is 2. The summed E-state index contributed by atoms with van der Waals surface area (Å²) in [5.74, 6) is 2.93. The zero-order valence-electron chi connectivity index (χ0n) is 15.5. The molecule has 2 aromatic carbocycles. The number of nitrogens with zero attached hydrogens (tertiary/aromatic N) is 3. The molecule has 6 nitrogen and oxygen atoms in total. The minimum Gasteiger partial charge on any atom is -0.454 e. The van der Waals surface area contributed by atoms with Gasteiger partial charge in [0.1, 0.15) is 5.82 Å². The van der Waals surface area contributed by atoms with Crippen LogP contribution >= 0.6 is 0 Å². The molecule has 0 aliphatic carbocycles. The Morgan fingerprint density at radius 2 is 1.70 bits per heavy atom. The average molecular weight is 362 g/mol. The van der Waals surface area contributed by atoms with Crippen molar-refractivity contribution in [3.8, 4) is 22.8 Å². The first-order valence-electron chi connectivity index (χ1n) is 9.13. The molecule has 0 bridgehead atoms. The Labute approximate surface area is 158 Å².